The highest BCUT2D eigenvalue weighted by Gasteiger charge is 2.42. The number of hydrogen-bond donors (Lipinski definition) is 1. The number of carbonyl (C=O) groups excluding carboxylic acids is 2. The SMILES string of the molecule is CCOC(=O)[C@H]1C(=O)NC(N2CCN(c3ccc(Cl)cc3)CC2)=N[C@@H]1c1ccc(Cl)cc1. The number of ether oxygens (including phenoxy) is 1. The Morgan fingerprint density at radius 1 is 1.00 bits per heavy atom. The standard InChI is InChI=1S/C23H24Cl2N4O3/c1-2-32-22(31)19-20(15-3-5-16(24)6-4-15)26-23(27-21(19)30)29-13-11-28(12-14-29)18-9-7-17(25)8-10-18/h3-10,19-20H,2,11-14H2,1H3,(H,26,27,30)/t19-,20-/m1/s1. The maximum atomic E-state index is 13.0. The number of anilines is 1. The first-order chi connectivity index (χ1) is 15.5. The molecule has 0 saturated carbocycles. The van der Waals surface area contributed by atoms with Crippen LogP contribution in [0.4, 0.5) is 5.69 Å². The van der Waals surface area contributed by atoms with Crippen LogP contribution in [0.2, 0.25) is 10.0 Å². The Balaban J connectivity index is 1.55. The van der Waals surface area contributed by atoms with Gasteiger partial charge in [0.1, 0.15) is 6.04 Å². The number of hydrogen-bond acceptors (Lipinski definition) is 6. The van der Waals surface area contributed by atoms with E-state index in [1.807, 2.05) is 29.2 Å². The van der Waals surface area contributed by atoms with Gasteiger partial charge in [-0.1, -0.05) is 35.3 Å². The number of amides is 1. The largest absolute Gasteiger partial charge is 0.465 e. The Labute approximate surface area is 196 Å². The van der Waals surface area contributed by atoms with Crippen LogP contribution in [0.1, 0.15) is 18.5 Å². The topological polar surface area (TPSA) is 74.2 Å². The average Bonchev–Trinajstić information content (AvgIpc) is 2.80. The highest BCUT2D eigenvalue weighted by atomic mass is 35.5. The van der Waals surface area contributed by atoms with E-state index in [1.54, 1.807) is 31.2 Å². The molecule has 2 aliphatic rings. The molecule has 32 heavy (non-hydrogen) atoms. The van der Waals surface area contributed by atoms with Crippen LogP contribution in [-0.2, 0) is 14.3 Å². The molecule has 1 saturated heterocycles. The number of aliphatic imine (C=N–C) groups is 1. The summed E-state index contributed by atoms with van der Waals surface area (Å²) in [4.78, 5) is 34.6. The number of nitrogens with one attached hydrogen (secondary N) is 1. The van der Waals surface area contributed by atoms with Gasteiger partial charge in [0.25, 0.3) is 0 Å². The molecule has 2 aliphatic heterocycles. The third-order valence-corrected chi connectivity index (χ3v) is 6.12. The second-order valence-electron chi connectivity index (χ2n) is 7.62. The van der Waals surface area contributed by atoms with Crippen LogP contribution in [-0.4, -0.2) is 55.5 Å². The van der Waals surface area contributed by atoms with E-state index in [9.17, 15) is 9.59 Å². The minimum atomic E-state index is -1.05. The normalized spacial score (nSPS) is 21.1. The van der Waals surface area contributed by atoms with Gasteiger partial charge in [-0.3, -0.25) is 14.9 Å². The van der Waals surface area contributed by atoms with Crippen LogP contribution in [0.15, 0.2) is 53.5 Å². The molecule has 0 radical (unpaired) electrons. The molecule has 2 aromatic rings. The van der Waals surface area contributed by atoms with Crippen LogP contribution in [0.25, 0.3) is 0 Å². The molecule has 0 spiro atoms. The van der Waals surface area contributed by atoms with Crippen LogP contribution in [0, 0.1) is 5.92 Å². The van der Waals surface area contributed by atoms with E-state index >= 15 is 0 Å². The molecule has 2 heterocycles. The molecule has 168 valence electrons. The van der Waals surface area contributed by atoms with Crippen LogP contribution >= 0.6 is 23.2 Å². The summed E-state index contributed by atoms with van der Waals surface area (Å²) in [5.74, 6) is -1.56. The molecule has 7 nitrogen and oxygen atoms in total. The van der Waals surface area contributed by atoms with Crippen molar-refractivity contribution in [2.45, 2.75) is 13.0 Å². The molecule has 1 amide bonds. The number of carbonyl (C=O) groups is 2. The molecule has 1 N–H and O–H groups in total. The minimum absolute atomic E-state index is 0.194. The summed E-state index contributed by atoms with van der Waals surface area (Å²) in [5.41, 5.74) is 1.84. The lowest BCUT2D eigenvalue weighted by atomic mass is 9.91. The number of esters is 1. The quantitative estimate of drug-likeness (QED) is 0.541. The fraction of sp³-hybridized carbons (Fsp3) is 0.348. The Bertz CT molecular complexity index is 1000. The monoisotopic (exact) mass is 474 g/mol. The Kier molecular flexibility index (Phi) is 6.86. The lowest BCUT2D eigenvalue weighted by molar-refractivity contribution is -0.153. The summed E-state index contributed by atoms with van der Waals surface area (Å²) >= 11 is 12.0. The van der Waals surface area contributed by atoms with E-state index in [1.165, 1.54) is 0 Å². The number of rotatable bonds is 4. The van der Waals surface area contributed by atoms with Crippen LogP contribution in [0.5, 0.6) is 0 Å². The first kappa shape index (κ1) is 22.4. The van der Waals surface area contributed by atoms with E-state index in [0.29, 0.717) is 29.1 Å². The van der Waals surface area contributed by atoms with Crippen molar-refractivity contribution in [2.24, 2.45) is 10.9 Å². The van der Waals surface area contributed by atoms with E-state index in [0.717, 1.165) is 24.3 Å². The van der Waals surface area contributed by atoms with E-state index < -0.39 is 23.8 Å². The number of benzene rings is 2. The molecule has 9 heteroatoms. The Hall–Kier alpha value is -2.77. The van der Waals surface area contributed by atoms with Crippen LogP contribution in [0.3, 0.4) is 0 Å². The summed E-state index contributed by atoms with van der Waals surface area (Å²) in [6.45, 7) is 4.80. The molecular formula is C23H24Cl2N4O3. The second-order valence-corrected chi connectivity index (χ2v) is 8.49. The van der Waals surface area contributed by atoms with Gasteiger partial charge in [-0.25, -0.2) is 4.99 Å². The third kappa shape index (κ3) is 4.84. The fourth-order valence-corrected chi connectivity index (χ4v) is 4.21. The maximum Gasteiger partial charge on any atom is 0.321 e. The molecule has 0 bridgehead atoms. The van der Waals surface area contributed by atoms with Crippen molar-refractivity contribution in [3.05, 3.63) is 64.1 Å². The van der Waals surface area contributed by atoms with Crippen molar-refractivity contribution in [3.63, 3.8) is 0 Å². The lowest BCUT2D eigenvalue weighted by Crippen LogP contribution is -2.57. The van der Waals surface area contributed by atoms with Gasteiger partial charge in [-0.05, 0) is 48.9 Å². The number of piperazine rings is 1. The van der Waals surface area contributed by atoms with Crippen molar-refractivity contribution in [3.8, 4) is 0 Å². The Morgan fingerprint density at radius 3 is 2.16 bits per heavy atom. The highest BCUT2D eigenvalue weighted by Crippen LogP contribution is 2.32. The lowest BCUT2D eigenvalue weighted by Gasteiger charge is -2.39. The zero-order valence-electron chi connectivity index (χ0n) is 17.6. The molecule has 0 aromatic heterocycles. The molecule has 1 fully saturated rings. The van der Waals surface area contributed by atoms with Crippen molar-refractivity contribution >= 4 is 46.7 Å². The molecule has 4 rings (SSSR count). The van der Waals surface area contributed by atoms with Crippen molar-refractivity contribution in [2.75, 3.05) is 37.7 Å². The predicted molar refractivity (Wildman–Crippen MR) is 125 cm³/mol. The summed E-state index contributed by atoms with van der Waals surface area (Å²) in [5, 5.41) is 4.10. The van der Waals surface area contributed by atoms with Gasteiger partial charge in [0.15, 0.2) is 5.92 Å². The van der Waals surface area contributed by atoms with Gasteiger partial charge >= 0.3 is 5.97 Å². The minimum Gasteiger partial charge on any atom is -0.465 e. The van der Waals surface area contributed by atoms with E-state index in [2.05, 4.69) is 10.2 Å². The van der Waals surface area contributed by atoms with Gasteiger partial charge in [0.2, 0.25) is 11.9 Å². The summed E-state index contributed by atoms with van der Waals surface area (Å²) in [6.07, 6.45) is 0. The Morgan fingerprint density at radius 2 is 1.56 bits per heavy atom. The summed E-state index contributed by atoms with van der Waals surface area (Å²) in [7, 11) is 0. The van der Waals surface area contributed by atoms with Gasteiger partial charge in [-0.2, -0.15) is 0 Å². The molecular weight excluding hydrogens is 451 g/mol. The van der Waals surface area contributed by atoms with E-state index in [-0.39, 0.29) is 6.61 Å². The highest BCUT2D eigenvalue weighted by molar-refractivity contribution is 6.30. The first-order valence-electron chi connectivity index (χ1n) is 10.5. The first-order valence-corrected chi connectivity index (χ1v) is 11.3. The van der Waals surface area contributed by atoms with Crippen molar-refractivity contribution in [1.82, 2.24) is 10.2 Å². The summed E-state index contributed by atoms with van der Waals surface area (Å²) in [6, 6.07) is 14.1. The predicted octanol–water partition coefficient (Wildman–Crippen LogP) is 3.52. The fourth-order valence-electron chi connectivity index (χ4n) is 3.95. The van der Waals surface area contributed by atoms with Crippen LogP contribution < -0.4 is 10.2 Å². The molecule has 2 atom stereocenters. The van der Waals surface area contributed by atoms with Crippen molar-refractivity contribution in [1.29, 1.82) is 0 Å². The zero-order chi connectivity index (χ0) is 22.7. The van der Waals surface area contributed by atoms with Crippen molar-refractivity contribution < 1.29 is 14.3 Å². The number of guanidine groups is 1. The van der Waals surface area contributed by atoms with Gasteiger partial charge in [0.05, 0.1) is 6.61 Å². The van der Waals surface area contributed by atoms with Gasteiger partial charge in [-0.15, -0.1) is 0 Å². The smallest absolute Gasteiger partial charge is 0.321 e. The zero-order valence-corrected chi connectivity index (χ0v) is 19.1. The van der Waals surface area contributed by atoms with Gasteiger partial charge < -0.3 is 14.5 Å². The number of halogens is 2. The number of nitrogens with zero attached hydrogens (tertiary/aromatic N) is 3. The molecule has 0 aliphatic carbocycles. The maximum absolute atomic E-state index is 13.0. The molecule has 0 unspecified atom stereocenters. The average molecular weight is 475 g/mol. The third-order valence-electron chi connectivity index (χ3n) is 5.62. The van der Waals surface area contributed by atoms with E-state index in [4.69, 9.17) is 32.9 Å². The molecule has 2 aromatic carbocycles. The second kappa shape index (κ2) is 9.79. The summed E-state index contributed by atoms with van der Waals surface area (Å²) < 4.78 is 5.15. The van der Waals surface area contributed by atoms with Gasteiger partial charge in [0, 0.05) is 41.9 Å².